The van der Waals surface area contributed by atoms with Crippen LogP contribution in [0.25, 0.3) is 11.3 Å². The van der Waals surface area contributed by atoms with Gasteiger partial charge in [0, 0.05) is 36.1 Å². The van der Waals surface area contributed by atoms with Crippen molar-refractivity contribution in [1.82, 2.24) is 24.6 Å². The van der Waals surface area contributed by atoms with Gasteiger partial charge in [0.25, 0.3) is 5.91 Å². The minimum atomic E-state index is -1.33. The lowest BCUT2D eigenvalue weighted by Gasteiger charge is -2.32. The van der Waals surface area contributed by atoms with Crippen molar-refractivity contribution in [3.8, 4) is 11.3 Å². The molecule has 1 saturated heterocycles. The standard InChI is InChI=1S/C33H39FN8O3.ClH/c34-25-10-12-26(13-11-25)39-32(43)30(23-8-4-3-5-9-23)45-33(44)29-31(36)37-21-28(40-29)24-20-38-42(22-24)27-14-18-41(19-15-27)17-7-2-1-6-16-35;/h3-5,8-13,20-22,27,30H,1-2,6-7,14-19,35H2,(H2,36,37)(H,39,43);1H/t30-;/m1./s1. The van der Waals surface area contributed by atoms with Gasteiger partial charge in [-0.1, -0.05) is 43.2 Å². The number of ether oxygens (including phenoxy) is 1. The molecule has 1 aliphatic heterocycles. The van der Waals surface area contributed by atoms with Gasteiger partial charge in [-0.15, -0.1) is 12.4 Å². The fraction of sp³-hybridized carbons (Fsp3) is 0.364. The predicted molar refractivity (Wildman–Crippen MR) is 177 cm³/mol. The van der Waals surface area contributed by atoms with Gasteiger partial charge in [-0.3, -0.25) is 9.48 Å². The van der Waals surface area contributed by atoms with Crippen molar-refractivity contribution in [2.45, 2.75) is 50.7 Å². The van der Waals surface area contributed by atoms with Crippen molar-refractivity contribution in [3.05, 3.63) is 90.3 Å². The molecule has 0 unspecified atom stereocenters. The summed E-state index contributed by atoms with van der Waals surface area (Å²) in [5, 5.41) is 7.25. The number of nitrogens with one attached hydrogen (secondary N) is 1. The number of piperidine rings is 1. The van der Waals surface area contributed by atoms with E-state index in [4.69, 9.17) is 16.2 Å². The summed E-state index contributed by atoms with van der Waals surface area (Å²) in [5.74, 6) is -2.10. The van der Waals surface area contributed by atoms with E-state index in [-0.39, 0.29) is 30.0 Å². The van der Waals surface area contributed by atoms with Crippen molar-refractivity contribution in [1.29, 1.82) is 0 Å². The lowest BCUT2D eigenvalue weighted by Crippen LogP contribution is -2.35. The molecule has 1 fully saturated rings. The Balaban J connectivity index is 0.00000480. The number of benzene rings is 2. The molecule has 13 heteroatoms. The third kappa shape index (κ3) is 9.09. The first kappa shape index (κ1) is 34.5. The monoisotopic (exact) mass is 650 g/mol. The number of unbranched alkanes of at least 4 members (excludes halogenated alkanes) is 3. The molecule has 4 aromatic rings. The summed E-state index contributed by atoms with van der Waals surface area (Å²) in [7, 11) is 0. The van der Waals surface area contributed by atoms with Crippen LogP contribution in [0, 0.1) is 5.82 Å². The molecule has 0 radical (unpaired) electrons. The number of carbonyl (C=O) groups is 2. The van der Waals surface area contributed by atoms with Crippen LogP contribution in [0.4, 0.5) is 15.9 Å². The first-order valence-corrected chi connectivity index (χ1v) is 15.3. The van der Waals surface area contributed by atoms with Crippen molar-refractivity contribution >= 4 is 35.8 Å². The largest absolute Gasteiger partial charge is 0.442 e. The van der Waals surface area contributed by atoms with E-state index < -0.39 is 23.8 Å². The number of amides is 1. The Labute approximate surface area is 273 Å². The van der Waals surface area contributed by atoms with Gasteiger partial charge in [-0.2, -0.15) is 5.10 Å². The number of likely N-dealkylation sites (tertiary alicyclic amines) is 1. The Morgan fingerprint density at radius 3 is 2.43 bits per heavy atom. The number of rotatable bonds is 13. The molecule has 244 valence electrons. The van der Waals surface area contributed by atoms with Crippen LogP contribution in [-0.4, -0.2) is 62.7 Å². The number of halogens is 2. The van der Waals surface area contributed by atoms with Gasteiger partial charge in [0.05, 0.1) is 24.1 Å². The van der Waals surface area contributed by atoms with Crippen LogP contribution in [0.15, 0.2) is 73.2 Å². The smallest absolute Gasteiger partial charge is 0.361 e. The van der Waals surface area contributed by atoms with Crippen LogP contribution < -0.4 is 16.8 Å². The average Bonchev–Trinajstić information content (AvgIpc) is 3.56. The maximum atomic E-state index is 13.4. The minimum absolute atomic E-state index is 0. The lowest BCUT2D eigenvalue weighted by molar-refractivity contribution is -0.125. The molecule has 1 amide bonds. The maximum absolute atomic E-state index is 13.4. The molecule has 0 spiro atoms. The second-order valence-electron chi connectivity index (χ2n) is 11.2. The molecule has 46 heavy (non-hydrogen) atoms. The molecule has 0 bridgehead atoms. The van der Waals surface area contributed by atoms with Crippen LogP contribution in [0.2, 0.25) is 0 Å². The SMILES string of the molecule is Cl.NCCCCCCN1CCC(n2cc(-c3cnc(N)c(C(=O)O[C@@H](C(=O)Nc4ccc(F)cc4)c4ccccc4)n3)cn2)CC1. The highest BCUT2D eigenvalue weighted by Crippen LogP contribution is 2.27. The first-order valence-electron chi connectivity index (χ1n) is 15.3. The van der Waals surface area contributed by atoms with E-state index in [2.05, 4.69) is 25.3 Å². The van der Waals surface area contributed by atoms with Gasteiger partial charge in [0.1, 0.15) is 5.82 Å². The molecule has 5 N–H and O–H groups in total. The Morgan fingerprint density at radius 2 is 1.72 bits per heavy atom. The number of nitrogens with two attached hydrogens (primary N) is 2. The number of anilines is 2. The molecule has 5 rings (SSSR count). The third-order valence-electron chi connectivity index (χ3n) is 7.93. The minimum Gasteiger partial charge on any atom is -0.442 e. The van der Waals surface area contributed by atoms with Crippen LogP contribution in [0.3, 0.4) is 0 Å². The normalized spacial score (nSPS) is 14.3. The Bertz CT molecular complexity index is 1560. The topological polar surface area (TPSA) is 154 Å². The predicted octanol–water partition coefficient (Wildman–Crippen LogP) is 5.18. The van der Waals surface area contributed by atoms with E-state index in [1.807, 2.05) is 10.9 Å². The number of esters is 1. The molecule has 1 aliphatic rings. The lowest BCUT2D eigenvalue weighted by atomic mass is 10.0. The van der Waals surface area contributed by atoms with Crippen molar-refractivity contribution in [3.63, 3.8) is 0 Å². The highest BCUT2D eigenvalue weighted by Gasteiger charge is 2.28. The molecule has 2 aromatic heterocycles. The molecule has 0 aliphatic carbocycles. The summed E-state index contributed by atoms with van der Waals surface area (Å²) in [4.78, 5) is 37.8. The highest BCUT2D eigenvalue weighted by molar-refractivity contribution is 5.99. The van der Waals surface area contributed by atoms with E-state index in [9.17, 15) is 14.0 Å². The zero-order chi connectivity index (χ0) is 31.6. The number of nitrogens with zero attached hydrogens (tertiary/aromatic N) is 5. The van der Waals surface area contributed by atoms with E-state index in [1.165, 1.54) is 49.7 Å². The zero-order valence-electron chi connectivity index (χ0n) is 25.6. The summed E-state index contributed by atoms with van der Waals surface area (Å²) in [6.07, 6.45) is 10.4. The molecule has 0 saturated carbocycles. The zero-order valence-corrected chi connectivity index (χ0v) is 26.4. The van der Waals surface area contributed by atoms with Gasteiger partial charge in [0.2, 0.25) is 6.10 Å². The summed E-state index contributed by atoms with van der Waals surface area (Å²) >= 11 is 0. The van der Waals surface area contributed by atoms with E-state index in [0.29, 0.717) is 22.5 Å². The third-order valence-corrected chi connectivity index (χ3v) is 7.93. The van der Waals surface area contributed by atoms with Crippen LogP contribution in [0.5, 0.6) is 0 Å². The maximum Gasteiger partial charge on any atom is 0.361 e. The fourth-order valence-electron chi connectivity index (χ4n) is 5.40. The number of nitrogen functional groups attached to an aromatic ring is 1. The highest BCUT2D eigenvalue weighted by atomic mass is 35.5. The Kier molecular flexibility index (Phi) is 12.6. The van der Waals surface area contributed by atoms with Crippen LogP contribution in [0.1, 0.15) is 66.7 Å². The van der Waals surface area contributed by atoms with Gasteiger partial charge < -0.3 is 26.4 Å². The van der Waals surface area contributed by atoms with Gasteiger partial charge in [0.15, 0.2) is 11.5 Å². The molecule has 3 heterocycles. The van der Waals surface area contributed by atoms with Gasteiger partial charge >= 0.3 is 5.97 Å². The number of carbonyl (C=O) groups excluding carboxylic acids is 2. The summed E-state index contributed by atoms with van der Waals surface area (Å²) < 4.78 is 21.0. The summed E-state index contributed by atoms with van der Waals surface area (Å²) in [6.45, 7) is 3.91. The Morgan fingerprint density at radius 1 is 1.00 bits per heavy atom. The molecule has 1 atom stereocenters. The fourth-order valence-corrected chi connectivity index (χ4v) is 5.40. The number of hydrogen-bond donors (Lipinski definition) is 3. The van der Waals surface area contributed by atoms with E-state index in [0.717, 1.165) is 45.4 Å². The van der Waals surface area contributed by atoms with Gasteiger partial charge in [-0.25, -0.2) is 19.2 Å². The quantitative estimate of drug-likeness (QED) is 0.131. The average molecular weight is 651 g/mol. The first-order chi connectivity index (χ1) is 21.9. The second kappa shape index (κ2) is 16.8. The molecular weight excluding hydrogens is 611 g/mol. The van der Waals surface area contributed by atoms with Gasteiger partial charge in [-0.05, 0) is 63.0 Å². The van der Waals surface area contributed by atoms with E-state index in [1.54, 1.807) is 36.5 Å². The summed E-state index contributed by atoms with van der Waals surface area (Å²) in [5.41, 5.74) is 13.3. The molecular formula is C33H40ClFN8O3. The molecule has 11 nitrogen and oxygen atoms in total. The van der Waals surface area contributed by atoms with Crippen LogP contribution in [-0.2, 0) is 9.53 Å². The van der Waals surface area contributed by atoms with Crippen molar-refractivity contribution in [2.75, 3.05) is 37.2 Å². The number of aromatic nitrogens is 4. The summed E-state index contributed by atoms with van der Waals surface area (Å²) in [6, 6.07) is 14.1. The van der Waals surface area contributed by atoms with Crippen molar-refractivity contribution < 1.29 is 18.7 Å². The number of hydrogen-bond acceptors (Lipinski definition) is 9. The van der Waals surface area contributed by atoms with Crippen LogP contribution >= 0.6 is 12.4 Å². The Hall–Kier alpha value is -4.39. The van der Waals surface area contributed by atoms with Crippen molar-refractivity contribution in [2.24, 2.45) is 5.73 Å². The van der Waals surface area contributed by atoms with E-state index >= 15 is 0 Å². The second-order valence-corrected chi connectivity index (χ2v) is 11.2. The molecule has 2 aromatic carbocycles.